The van der Waals surface area contributed by atoms with Crippen LogP contribution in [0.4, 0.5) is 9.18 Å². The summed E-state index contributed by atoms with van der Waals surface area (Å²) >= 11 is 0. The Balaban J connectivity index is 2.60. The van der Waals surface area contributed by atoms with E-state index in [1.165, 1.54) is 18.2 Å². The fourth-order valence-corrected chi connectivity index (χ4v) is 1.18. The Morgan fingerprint density at radius 1 is 1.50 bits per heavy atom. The first kappa shape index (κ1) is 13.7. The van der Waals surface area contributed by atoms with E-state index in [0.717, 1.165) is 6.07 Å². The number of halogens is 1. The second-order valence-corrected chi connectivity index (χ2v) is 3.35. The largest absolute Gasteiger partial charge is 0.478 e. The Labute approximate surface area is 103 Å². The van der Waals surface area contributed by atoms with Crippen LogP contribution in [0.5, 0.6) is 0 Å². The minimum atomic E-state index is -1.21. The van der Waals surface area contributed by atoms with Crippen molar-refractivity contribution in [3.63, 3.8) is 0 Å². The number of carboxylic acid groups (broad SMARTS) is 1. The molecule has 6 heteroatoms. The summed E-state index contributed by atoms with van der Waals surface area (Å²) in [5, 5.41) is 11.0. The molecule has 0 aliphatic carbocycles. The van der Waals surface area contributed by atoms with E-state index in [0.29, 0.717) is 0 Å². The lowest BCUT2D eigenvalue weighted by molar-refractivity contribution is 0.0696. The molecule has 0 spiro atoms. The molecule has 0 fully saturated rings. The van der Waals surface area contributed by atoms with E-state index in [2.05, 4.69) is 16.6 Å². The molecule has 1 aromatic rings. The van der Waals surface area contributed by atoms with Crippen LogP contribution in [0.2, 0.25) is 0 Å². The number of hydrogen-bond donors (Lipinski definition) is 2. The SMILES string of the molecule is C=CCOC(=O)NCc1ccc(C(=O)O)cc1F. The molecule has 5 nitrogen and oxygen atoms in total. The van der Waals surface area contributed by atoms with Gasteiger partial charge in [0, 0.05) is 12.1 Å². The molecule has 0 atom stereocenters. The highest BCUT2D eigenvalue weighted by molar-refractivity contribution is 5.87. The summed E-state index contributed by atoms with van der Waals surface area (Å²) in [6, 6.07) is 3.46. The van der Waals surface area contributed by atoms with Crippen LogP contribution in [-0.4, -0.2) is 23.8 Å². The minimum absolute atomic E-state index is 0.0618. The van der Waals surface area contributed by atoms with E-state index in [1.807, 2.05) is 0 Å². The number of carbonyl (C=O) groups is 2. The van der Waals surface area contributed by atoms with Gasteiger partial charge in [-0.3, -0.25) is 0 Å². The number of benzene rings is 1. The van der Waals surface area contributed by atoms with Crippen LogP contribution in [0.15, 0.2) is 30.9 Å². The van der Waals surface area contributed by atoms with Gasteiger partial charge in [-0.2, -0.15) is 0 Å². The zero-order valence-corrected chi connectivity index (χ0v) is 9.48. The third-order valence-corrected chi connectivity index (χ3v) is 2.06. The van der Waals surface area contributed by atoms with Crippen molar-refractivity contribution >= 4 is 12.1 Å². The molecule has 2 N–H and O–H groups in total. The molecule has 0 aliphatic rings. The molecule has 96 valence electrons. The standard InChI is InChI=1S/C12H12FNO4/c1-2-5-18-12(17)14-7-9-4-3-8(11(15)16)6-10(9)13/h2-4,6H,1,5,7H2,(H,14,17)(H,15,16). The number of nitrogens with one attached hydrogen (secondary N) is 1. The average Bonchev–Trinajstić information content (AvgIpc) is 2.34. The Kier molecular flexibility index (Phi) is 4.86. The quantitative estimate of drug-likeness (QED) is 0.786. The highest BCUT2D eigenvalue weighted by Crippen LogP contribution is 2.10. The third kappa shape index (κ3) is 3.89. The highest BCUT2D eigenvalue weighted by Gasteiger charge is 2.09. The molecule has 1 aromatic carbocycles. The number of amides is 1. The van der Waals surface area contributed by atoms with Crippen molar-refractivity contribution in [3.8, 4) is 0 Å². The third-order valence-electron chi connectivity index (χ3n) is 2.06. The molecular weight excluding hydrogens is 241 g/mol. The van der Waals surface area contributed by atoms with Crippen molar-refractivity contribution in [3.05, 3.63) is 47.8 Å². The lowest BCUT2D eigenvalue weighted by Gasteiger charge is -2.06. The van der Waals surface area contributed by atoms with E-state index in [9.17, 15) is 14.0 Å². The first-order chi connectivity index (χ1) is 8.54. The van der Waals surface area contributed by atoms with E-state index >= 15 is 0 Å². The van der Waals surface area contributed by atoms with Crippen LogP contribution >= 0.6 is 0 Å². The lowest BCUT2D eigenvalue weighted by atomic mass is 10.1. The van der Waals surface area contributed by atoms with E-state index in [4.69, 9.17) is 5.11 Å². The van der Waals surface area contributed by atoms with Gasteiger partial charge in [0.1, 0.15) is 12.4 Å². The number of alkyl carbamates (subject to hydrolysis) is 1. The Morgan fingerprint density at radius 3 is 2.78 bits per heavy atom. The second-order valence-electron chi connectivity index (χ2n) is 3.35. The number of rotatable bonds is 5. The fraction of sp³-hybridized carbons (Fsp3) is 0.167. The maximum absolute atomic E-state index is 13.4. The van der Waals surface area contributed by atoms with Crippen molar-refractivity contribution < 1.29 is 23.8 Å². The maximum atomic E-state index is 13.4. The van der Waals surface area contributed by atoms with Crippen molar-refractivity contribution in [1.82, 2.24) is 5.32 Å². The zero-order chi connectivity index (χ0) is 13.5. The van der Waals surface area contributed by atoms with Crippen molar-refractivity contribution in [2.75, 3.05) is 6.61 Å². The van der Waals surface area contributed by atoms with E-state index in [-0.39, 0.29) is 24.3 Å². The highest BCUT2D eigenvalue weighted by atomic mass is 19.1. The van der Waals surface area contributed by atoms with Gasteiger partial charge in [0.2, 0.25) is 0 Å². The first-order valence-electron chi connectivity index (χ1n) is 5.08. The van der Waals surface area contributed by atoms with Crippen molar-refractivity contribution in [2.45, 2.75) is 6.54 Å². The monoisotopic (exact) mass is 253 g/mol. The molecule has 0 bridgehead atoms. The summed E-state index contributed by atoms with van der Waals surface area (Å²) in [5.41, 5.74) is 0.0287. The molecule has 0 saturated carbocycles. The Bertz CT molecular complexity index is 473. The van der Waals surface area contributed by atoms with Gasteiger partial charge in [0.15, 0.2) is 0 Å². The van der Waals surface area contributed by atoms with Crippen molar-refractivity contribution in [2.24, 2.45) is 0 Å². The van der Waals surface area contributed by atoms with Crippen LogP contribution in [0, 0.1) is 5.82 Å². The topological polar surface area (TPSA) is 75.6 Å². The number of ether oxygens (including phenoxy) is 1. The minimum Gasteiger partial charge on any atom is -0.478 e. The normalized spacial score (nSPS) is 9.61. The molecule has 1 amide bonds. The molecule has 0 heterocycles. The summed E-state index contributed by atoms with van der Waals surface area (Å²) < 4.78 is 18.1. The van der Waals surface area contributed by atoms with Gasteiger partial charge < -0.3 is 15.2 Å². The van der Waals surface area contributed by atoms with Gasteiger partial charge >= 0.3 is 12.1 Å². The van der Waals surface area contributed by atoms with Gasteiger partial charge in [-0.1, -0.05) is 18.7 Å². The summed E-state index contributed by atoms with van der Waals surface area (Å²) in [7, 11) is 0. The summed E-state index contributed by atoms with van der Waals surface area (Å²) in [4.78, 5) is 21.6. The smallest absolute Gasteiger partial charge is 0.407 e. The average molecular weight is 253 g/mol. The summed E-state index contributed by atoms with van der Waals surface area (Å²) in [6.45, 7) is 3.35. The number of carboxylic acids is 1. The molecule has 0 aliphatic heterocycles. The van der Waals surface area contributed by atoms with E-state index < -0.39 is 17.9 Å². The molecule has 18 heavy (non-hydrogen) atoms. The van der Waals surface area contributed by atoms with Crippen LogP contribution in [0.1, 0.15) is 15.9 Å². The summed E-state index contributed by atoms with van der Waals surface area (Å²) in [6.07, 6.45) is 0.707. The molecular formula is C12H12FNO4. The van der Waals surface area contributed by atoms with Crippen LogP contribution in [0.25, 0.3) is 0 Å². The van der Waals surface area contributed by atoms with Gasteiger partial charge in [0.25, 0.3) is 0 Å². The number of carbonyl (C=O) groups excluding carboxylic acids is 1. The van der Waals surface area contributed by atoms with Crippen molar-refractivity contribution in [1.29, 1.82) is 0 Å². The van der Waals surface area contributed by atoms with Gasteiger partial charge in [0.05, 0.1) is 5.56 Å². The van der Waals surface area contributed by atoms with Crippen LogP contribution in [0.3, 0.4) is 0 Å². The Hall–Kier alpha value is -2.37. The van der Waals surface area contributed by atoms with Crippen LogP contribution in [-0.2, 0) is 11.3 Å². The number of hydrogen-bond acceptors (Lipinski definition) is 3. The predicted octanol–water partition coefficient (Wildman–Crippen LogP) is 1.94. The molecule has 0 unspecified atom stereocenters. The van der Waals surface area contributed by atoms with Crippen LogP contribution < -0.4 is 5.32 Å². The lowest BCUT2D eigenvalue weighted by Crippen LogP contribution is -2.24. The first-order valence-corrected chi connectivity index (χ1v) is 5.08. The second kappa shape index (κ2) is 6.39. The molecule has 0 aromatic heterocycles. The zero-order valence-electron chi connectivity index (χ0n) is 9.48. The van der Waals surface area contributed by atoms with E-state index in [1.54, 1.807) is 0 Å². The molecule has 0 radical (unpaired) electrons. The number of aromatic carboxylic acids is 1. The molecule has 1 rings (SSSR count). The fourth-order valence-electron chi connectivity index (χ4n) is 1.18. The molecule has 0 saturated heterocycles. The summed E-state index contributed by atoms with van der Waals surface area (Å²) in [5.74, 6) is -1.90. The maximum Gasteiger partial charge on any atom is 0.407 e. The predicted molar refractivity (Wildman–Crippen MR) is 61.7 cm³/mol. The van der Waals surface area contributed by atoms with Gasteiger partial charge in [-0.05, 0) is 12.1 Å². The Morgan fingerprint density at radius 2 is 2.22 bits per heavy atom. The van der Waals surface area contributed by atoms with Gasteiger partial charge in [-0.25, -0.2) is 14.0 Å². The van der Waals surface area contributed by atoms with Gasteiger partial charge in [-0.15, -0.1) is 0 Å².